The average Bonchev–Trinajstić information content (AvgIpc) is 3.12. The Hall–Kier alpha value is -0.380. The lowest BCUT2D eigenvalue weighted by Crippen LogP contribution is -2.53. The molecule has 4 aliphatic rings. The van der Waals surface area contributed by atoms with Gasteiger partial charge in [0.1, 0.15) is 0 Å². The van der Waals surface area contributed by atoms with Gasteiger partial charge in [-0.05, 0) is 88.5 Å². The number of piperidine rings is 4. The topological polar surface area (TPSA) is 6.48 Å². The Kier molecular flexibility index (Phi) is 4.31. The number of fused-ring (bicyclic) bond motifs is 3. The molecule has 0 aromatic carbocycles. The number of hydrogen-bond donors (Lipinski definition) is 0. The van der Waals surface area contributed by atoms with Crippen molar-refractivity contribution in [2.24, 2.45) is 11.8 Å². The molecule has 0 radical (unpaired) electrons. The molecule has 122 valence electrons. The quantitative estimate of drug-likeness (QED) is 0.821. The summed E-state index contributed by atoms with van der Waals surface area (Å²) in [5.41, 5.74) is 0.276. The highest BCUT2D eigenvalue weighted by Gasteiger charge is 2.42. The second-order valence-electron chi connectivity index (χ2n) is 7.90. The van der Waals surface area contributed by atoms with Crippen molar-refractivity contribution in [3.8, 4) is 0 Å². The number of likely N-dealkylation sites (tertiary alicyclic amines) is 1. The molecule has 5 rings (SSSR count). The minimum Gasteiger partial charge on any atom is -0.303 e. The van der Waals surface area contributed by atoms with E-state index in [0.717, 1.165) is 11.8 Å². The molecule has 1 aromatic rings. The van der Waals surface area contributed by atoms with Crippen LogP contribution in [0.2, 0.25) is 0 Å². The molecule has 3 heteroatoms. The minimum atomic E-state index is 0.276. The zero-order valence-electron chi connectivity index (χ0n) is 14.0. The molecule has 22 heavy (non-hydrogen) atoms. The van der Waals surface area contributed by atoms with Gasteiger partial charge >= 0.3 is 0 Å². The van der Waals surface area contributed by atoms with Gasteiger partial charge in [-0.1, -0.05) is 12.5 Å². The molecule has 4 fully saturated rings. The molecule has 0 amide bonds. The van der Waals surface area contributed by atoms with Gasteiger partial charge in [-0.2, -0.15) is 0 Å². The molecule has 4 aliphatic heterocycles. The number of rotatable bonds is 4. The second kappa shape index (κ2) is 6.26. The summed E-state index contributed by atoms with van der Waals surface area (Å²) in [6, 6.07) is 4.64. The van der Waals surface area contributed by atoms with E-state index < -0.39 is 0 Å². The molecule has 1 aromatic heterocycles. The fourth-order valence-electron chi connectivity index (χ4n) is 5.19. The first-order valence-corrected chi connectivity index (χ1v) is 10.1. The van der Waals surface area contributed by atoms with Crippen LogP contribution in [-0.2, 0) is 5.54 Å². The van der Waals surface area contributed by atoms with Crippen molar-refractivity contribution in [2.45, 2.75) is 51.0 Å². The molecular weight excluding hydrogens is 288 g/mol. The first kappa shape index (κ1) is 15.2. The van der Waals surface area contributed by atoms with Gasteiger partial charge in [0.2, 0.25) is 0 Å². The third kappa shape index (κ3) is 2.76. The summed E-state index contributed by atoms with van der Waals surface area (Å²) in [5, 5.41) is 2.27. The van der Waals surface area contributed by atoms with Gasteiger partial charge in [0, 0.05) is 11.4 Å². The van der Waals surface area contributed by atoms with Crippen molar-refractivity contribution in [1.82, 2.24) is 9.80 Å². The van der Waals surface area contributed by atoms with E-state index in [1.165, 1.54) is 71.2 Å². The molecule has 2 nitrogen and oxygen atoms in total. The lowest BCUT2D eigenvalue weighted by Gasteiger charge is -2.50. The number of thiophene rings is 1. The fourth-order valence-corrected chi connectivity index (χ4v) is 6.11. The average molecular weight is 319 g/mol. The summed E-state index contributed by atoms with van der Waals surface area (Å²) in [6.45, 7) is 9.23. The zero-order chi connectivity index (χ0) is 15.0. The maximum atomic E-state index is 2.82. The molecule has 0 spiro atoms. The van der Waals surface area contributed by atoms with Crippen LogP contribution < -0.4 is 0 Å². The Labute approximate surface area is 139 Å². The predicted molar refractivity (Wildman–Crippen MR) is 94.4 cm³/mol. The molecule has 2 bridgehead atoms. The lowest BCUT2D eigenvalue weighted by atomic mass is 9.72. The molecule has 0 aliphatic carbocycles. The van der Waals surface area contributed by atoms with Crippen molar-refractivity contribution in [3.05, 3.63) is 22.4 Å². The van der Waals surface area contributed by atoms with E-state index in [4.69, 9.17) is 0 Å². The van der Waals surface area contributed by atoms with E-state index in [-0.39, 0.29) is 5.54 Å². The summed E-state index contributed by atoms with van der Waals surface area (Å²) in [6.07, 6.45) is 8.48. The molecule has 4 saturated heterocycles. The van der Waals surface area contributed by atoms with Crippen molar-refractivity contribution in [2.75, 3.05) is 32.7 Å². The summed E-state index contributed by atoms with van der Waals surface area (Å²) in [4.78, 5) is 7.14. The van der Waals surface area contributed by atoms with Crippen LogP contribution in [0.1, 0.15) is 50.3 Å². The van der Waals surface area contributed by atoms with Crippen molar-refractivity contribution >= 4 is 11.3 Å². The van der Waals surface area contributed by atoms with Crippen LogP contribution >= 0.6 is 11.3 Å². The number of hydrogen-bond acceptors (Lipinski definition) is 3. The van der Waals surface area contributed by atoms with Crippen LogP contribution in [-0.4, -0.2) is 42.5 Å². The molecule has 0 N–H and O–H groups in total. The monoisotopic (exact) mass is 318 g/mol. The standard InChI is InChI=1S/C19H30N2S/c1-19(18-6-5-13-22-18,21-9-3-2-4-10-21)14-17-15-20-11-7-16(17)8-12-20/h5-6,13,16-17H,2-4,7-12,14-15H2,1H3/t17-,19?/m0/s1. The molecular formula is C19H30N2S. The Bertz CT molecular complexity index is 472. The van der Waals surface area contributed by atoms with Crippen molar-refractivity contribution in [3.63, 3.8) is 0 Å². The Morgan fingerprint density at radius 1 is 1.14 bits per heavy atom. The third-order valence-corrected chi connectivity index (χ3v) is 7.68. The molecule has 2 atom stereocenters. The van der Waals surface area contributed by atoms with Gasteiger partial charge < -0.3 is 4.90 Å². The van der Waals surface area contributed by atoms with Gasteiger partial charge in [0.25, 0.3) is 0 Å². The van der Waals surface area contributed by atoms with Crippen LogP contribution in [0.4, 0.5) is 0 Å². The molecule has 1 unspecified atom stereocenters. The normalized spacial score (nSPS) is 35.4. The SMILES string of the molecule is CC(C[C@H]1CN2CCC1CC2)(c1cccs1)N1CCCCC1. The summed E-state index contributed by atoms with van der Waals surface area (Å²) in [5.74, 6) is 1.91. The van der Waals surface area contributed by atoms with Crippen LogP contribution in [0.25, 0.3) is 0 Å². The zero-order valence-corrected chi connectivity index (χ0v) is 14.8. The molecule has 0 saturated carbocycles. The fraction of sp³-hybridized carbons (Fsp3) is 0.789. The van der Waals surface area contributed by atoms with E-state index >= 15 is 0 Å². The van der Waals surface area contributed by atoms with E-state index in [0.29, 0.717) is 0 Å². The Morgan fingerprint density at radius 2 is 1.91 bits per heavy atom. The van der Waals surface area contributed by atoms with Gasteiger partial charge in [-0.15, -0.1) is 11.3 Å². The van der Waals surface area contributed by atoms with E-state index in [1.807, 2.05) is 11.3 Å². The van der Waals surface area contributed by atoms with E-state index in [1.54, 1.807) is 4.88 Å². The minimum absolute atomic E-state index is 0.276. The van der Waals surface area contributed by atoms with Crippen molar-refractivity contribution < 1.29 is 0 Å². The highest BCUT2D eigenvalue weighted by atomic mass is 32.1. The van der Waals surface area contributed by atoms with Gasteiger partial charge in [-0.3, -0.25) is 4.90 Å². The van der Waals surface area contributed by atoms with Crippen molar-refractivity contribution in [1.29, 1.82) is 0 Å². The maximum Gasteiger partial charge on any atom is 0.0528 e. The largest absolute Gasteiger partial charge is 0.303 e. The highest BCUT2D eigenvalue weighted by Crippen LogP contribution is 2.44. The highest BCUT2D eigenvalue weighted by molar-refractivity contribution is 7.10. The summed E-state index contributed by atoms with van der Waals surface area (Å²) >= 11 is 1.98. The summed E-state index contributed by atoms with van der Waals surface area (Å²) in [7, 11) is 0. The Morgan fingerprint density at radius 3 is 2.50 bits per heavy atom. The third-order valence-electron chi connectivity index (χ3n) is 6.56. The second-order valence-corrected chi connectivity index (χ2v) is 8.85. The van der Waals surface area contributed by atoms with Gasteiger partial charge in [-0.25, -0.2) is 0 Å². The van der Waals surface area contributed by atoms with E-state index in [9.17, 15) is 0 Å². The van der Waals surface area contributed by atoms with Crippen LogP contribution in [0.3, 0.4) is 0 Å². The van der Waals surface area contributed by atoms with E-state index in [2.05, 4.69) is 34.2 Å². The summed E-state index contributed by atoms with van der Waals surface area (Å²) < 4.78 is 0. The number of nitrogens with zero attached hydrogens (tertiary/aromatic N) is 2. The van der Waals surface area contributed by atoms with Crippen LogP contribution in [0.15, 0.2) is 17.5 Å². The molecule has 5 heterocycles. The van der Waals surface area contributed by atoms with Gasteiger partial charge in [0.05, 0.1) is 5.54 Å². The van der Waals surface area contributed by atoms with Crippen LogP contribution in [0.5, 0.6) is 0 Å². The Balaban J connectivity index is 1.57. The lowest BCUT2D eigenvalue weighted by molar-refractivity contribution is -0.00519. The smallest absolute Gasteiger partial charge is 0.0528 e. The maximum absolute atomic E-state index is 2.82. The first-order valence-electron chi connectivity index (χ1n) is 9.27. The first-order chi connectivity index (χ1) is 10.8. The van der Waals surface area contributed by atoms with Gasteiger partial charge in [0.15, 0.2) is 0 Å². The van der Waals surface area contributed by atoms with Crippen LogP contribution in [0, 0.1) is 11.8 Å². The predicted octanol–water partition coefficient (Wildman–Crippen LogP) is 4.18.